The Labute approximate surface area is 131 Å². The number of aromatic nitrogens is 3. The number of halogens is 2. The Hall–Kier alpha value is -3.02. The Balaban J connectivity index is 1.82. The molecule has 3 aromatic rings. The Morgan fingerprint density at radius 1 is 1.00 bits per heavy atom. The van der Waals surface area contributed by atoms with Crippen LogP contribution in [-0.2, 0) is 0 Å². The van der Waals surface area contributed by atoms with Crippen LogP contribution in [0.3, 0.4) is 0 Å². The Kier molecular flexibility index (Phi) is 3.15. The maximum absolute atomic E-state index is 13.5. The second-order valence-corrected chi connectivity index (χ2v) is 5.22. The zero-order valence-electron chi connectivity index (χ0n) is 11.9. The van der Waals surface area contributed by atoms with Gasteiger partial charge in [0, 0.05) is 11.3 Å². The second-order valence-electron chi connectivity index (χ2n) is 5.22. The molecule has 0 radical (unpaired) electrons. The molecule has 1 aliphatic heterocycles. The topological polar surface area (TPSA) is 42.7 Å². The van der Waals surface area contributed by atoms with Crippen LogP contribution in [0.5, 0.6) is 0 Å². The zero-order chi connectivity index (χ0) is 15.8. The van der Waals surface area contributed by atoms with E-state index in [1.165, 1.54) is 18.5 Å². The summed E-state index contributed by atoms with van der Waals surface area (Å²) in [6.07, 6.45) is 3.38. The highest BCUT2D eigenvalue weighted by molar-refractivity contribution is 5.77. The van der Waals surface area contributed by atoms with Gasteiger partial charge in [-0.2, -0.15) is 10.1 Å². The van der Waals surface area contributed by atoms with Gasteiger partial charge in [-0.3, -0.25) is 0 Å². The molecule has 0 fully saturated rings. The van der Waals surface area contributed by atoms with E-state index in [4.69, 9.17) is 0 Å². The molecule has 1 atom stereocenters. The third-order valence-electron chi connectivity index (χ3n) is 3.78. The number of anilines is 1. The number of nitrogens with zero attached hydrogens (tertiary/aromatic N) is 3. The van der Waals surface area contributed by atoms with Crippen molar-refractivity contribution >= 4 is 11.6 Å². The molecule has 6 heteroatoms. The summed E-state index contributed by atoms with van der Waals surface area (Å²) in [7, 11) is 0. The first-order chi connectivity index (χ1) is 11.2. The van der Waals surface area contributed by atoms with Crippen LogP contribution >= 0.6 is 0 Å². The molecule has 1 aromatic heterocycles. The number of rotatable bonds is 2. The predicted octanol–water partition coefficient (Wildman–Crippen LogP) is 3.61. The van der Waals surface area contributed by atoms with Gasteiger partial charge in [0.1, 0.15) is 12.4 Å². The van der Waals surface area contributed by atoms with Crippen molar-refractivity contribution in [3.05, 3.63) is 83.7 Å². The number of nitrogens with one attached hydrogen (secondary N) is 1. The quantitative estimate of drug-likeness (QED) is 0.786. The first-order valence-corrected chi connectivity index (χ1v) is 7.11. The van der Waals surface area contributed by atoms with Gasteiger partial charge in [0.2, 0.25) is 5.95 Å². The van der Waals surface area contributed by atoms with Crippen molar-refractivity contribution in [2.75, 3.05) is 5.32 Å². The van der Waals surface area contributed by atoms with Crippen molar-refractivity contribution in [1.82, 2.24) is 14.8 Å². The van der Waals surface area contributed by atoms with Crippen LogP contribution in [0.15, 0.2) is 60.9 Å². The molecule has 114 valence electrons. The van der Waals surface area contributed by atoms with E-state index in [1.54, 1.807) is 4.68 Å². The fraction of sp³-hybridized carbons (Fsp3) is 0.0588. The van der Waals surface area contributed by atoms with E-state index in [9.17, 15) is 8.78 Å². The molecule has 0 saturated heterocycles. The van der Waals surface area contributed by atoms with Gasteiger partial charge in [0.05, 0.1) is 0 Å². The van der Waals surface area contributed by atoms with Crippen LogP contribution in [0.2, 0.25) is 0 Å². The average Bonchev–Trinajstić information content (AvgIpc) is 3.06. The van der Waals surface area contributed by atoms with Crippen molar-refractivity contribution in [3.63, 3.8) is 0 Å². The summed E-state index contributed by atoms with van der Waals surface area (Å²) >= 11 is 0. The van der Waals surface area contributed by atoms with Crippen molar-refractivity contribution in [3.8, 4) is 0 Å². The molecular weight excluding hydrogens is 298 g/mol. The van der Waals surface area contributed by atoms with Crippen LogP contribution < -0.4 is 5.32 Å². The first kappa shape index (κ1) is 13.6. The van der Waals surface area contributed by atoms with Gasteiger partial charge in [0.15, 0.2) is 11.6 Å². The van der Waals surface area contributed by atoms with Gasteiger partial charge in [-0.1, -0.05) is 30.3 Å². The van der Waals surface area contributed by atoms with Gasteiger partial charge in [0.25, 0.3) is 0 Å². The predicted molar refractivity (Wildman–Crippen MR) is 82.6 cm³/mol. The van der Waals surface area contributed by atoms with E-state index in [-0.39, 0.29) is 6.04 Å². The Bertz CT molecular complexity index is 887. The zero-order valence-corrected chi connectivity index (χ0v) is 11.9. The molecule has 4 nitrogen and oxygen atoms in total. The molecule has 0 unspecified atom stereocenters. The van der Waals surface area contributed by atoms with E-state index in [0.29, 0.717) is 17.2 Å². The molecule has 0 amide bonds. The van der Waals surface area contributed by atoms with Gasteiger partial charge < -0.3 is 5.32 Å². The highest BCUT2D eigenvalue weighted by Gasteiger charge is 2.23. The highest BCUT2D eigenvalue weighted by Crippen LogP contribution is 2.32. The number of benzene rings is 2. The van der Waals surface area contributed by atoms with E-state index in [1.807, 2.05) is 36.4 Å². The molecule has 2 aromatic carbocycles. The van der Waals surface area contributed by atoms with Crippen molar-refractivity contribution in [2.45, 2.75) is 6.04 Å². The average molecular weight is 310 g/mol. The molecule has 23 heavy (non-hydrogen) atoms. The van der Waals surface area contributed by atoms with Gasteiger partial charge in [-0.05, 0) is 29.8 Å². The number of hydrogen-bond donors (Lipinski definition) is 1. The summed E-state index contributed by atoms with van der Waals surface area (Å²) in [6, 6.07) is 13.4. The van der Waals surface area contributed by atoms with Gasteiger partial charge in [-0.15, -0.1) is 0 Å². The first-order valence-electron chi connectivity index (χ1n) is 7.11. The maximum atomic E-state index is 13.5. The van der Waals surface area contributed by atoms with E-state index < -0.39 is 11.6 Å². The second kappa shape index (κ2) is 5.31. The van der Waals surface area contributed by atoms with Crippen LogP contribution in [0, 0.1) is 11.6 Å². The Morgan fingerprint density at radius 2 is 1.83 bits per heavy atom. The molecule has 4 rings (SSSR count). The van der Waals surface area contributed by atoms with Gasteiger partial charge >= 0.3 is 0 Å². The monoisotopic (exact) mass is 310 g/mol. The highest BCUT2D eigenvalue weighted by atomic mass is 19.2. The Morgan fingerprint density at radius 3 is 2.61 bits per heavy atom. The summed E-state index contributed by atoms with van der Waals surface area (Å²) in [4.78, 5) is 4.18. The fourth-order valence-electron chi connectivity index (χ4n) is 2.65. The lowest BCUT2D eigenvalue weighted by atomic mass is 10.0. The van der Waals surface area contributed by atoms with Crippen LogP contribution in [0.1, 0.15) is 17.2 Å². The standard InChI is InChI=1S/C17H12F2N4/c18-13-7-6-12(8-14(13)19)15-9-16(11-4-2-1-3-5-11)23-17(22-15)20-10-21-23/h1-10,16H,(H,20,21,22)/t16-/m0/s1. The molecule has 0 aliphatic carbocycles. The van der Waals surface area contributed by atoms with Crippen molar-refractivity contribution in [2.24, 2.45) is 0 Å². The van der Waals surface area contributed by atoms with Crippen molar-refractivity contribution < 1.29 is 8.78 Å². The van der Waals surface area contributed by atoms with Crippen LogP contribution in [0.4, 0.5) is 14.7 Å². The lowest BCUT2D eigenvalue weighted by Gasteiger charge is -2.24. The van der Waals surface area contributed by atoms with Crippen LogP contribution in [-0.4, -0.2) is 14.8 Å². The fourth-order valence-corrected chi connectivity index (χ4v) is 2.65. The summed E-state index contributed by atoms with van der Waals surface area (Å²) in [6.45, 7) is 0. The molecule has 1 N–H and O–H groups in total. The molecule has 0 spiro atoms. The third-order valence-corrected chi connectivity index (χ3v) is 3.78. The SMILES string of the molecule is Fc1ccc(C2=C[C@@H](c3ccccc3)n3ncnc3N2)cc1F. The minimum atomic E-state index is -0.881. The van der Waals surface area contributed by atoms with E-state index >= 15 is 0 Å². The largest absolute Gasteiger partial charge is 0.324 e. The summed E-state index contributed by atoms with van der Waals surface area (Å²) in [5.74, 6) is -1.19. The molecular formula is C17H12F2N4. The van der Waals surface area contributed by atoms with E-state index in [0.717, 1.165) is 11.6 Å². The number of fused-ring (bicyclic) bond motifs is 1. The van der Waals surface area contributed by atoms with Gasteiger partial charge in [-0.25, -0.2) is 13.5 Å². The maximum Gasteiger partial charge on any atom is 0.226 e. The van der Waals surface area contributed by atoms with E-state index in [2.05, 4.69) is 15.4 Å². The molecule has 1 aliphatic rings. The number of allylic oxidation sites excluding steroid dienone is 1. The lowest BCUT2D eigenvalue weighted by molar-refractivity contribution is 0.508. The summed E-state index contributed by atoms with van der Waals surface area (Å²) < 4.78 is 28.4. The normalized spacial score (nSPS) is 16.4. The van der Waals surface area contributed by atoms with Crippen LogP contribution in [0.25, 0.3) is 5.70 Å². The molecule has 0 bridgehead atoms. The number of hydrogen-bond acceptors (Lipinski definition) is 3. The molecule has 0 saturated carbocycles. The molecule has 2 heterocycles. The van der Waals surface area contributed by atoms with Crippen molar-refractivity contribution in [1.29, 1.82) is 0 Å². The third kappa shape index (κ3) is 2.38. The summed E-state index contributed by atoms with van der Waals surface area (Å²) in [5, 5.41) is 7.34. The summed E-state index contributed by atoms with van der Waals surface area (Å²) in [5.41, 5.74) is 2.25. The smallest absolute Gasteiger partial charge is 0.226 e. The minimum Gasteiger partial charge on any atom is -0.324 e. The minimum absolute atomic E-state index is 0.168. The lowest BCUT2D eigenvalue weighted by Crippen LogP contribution is -2.20.